The number of ketones is 1. The number of carbonyl (C=O) groups excluding carboxylic acids is 1. The van der Waals surface area contributed by atoms with E-state index in [9.17, 15) is 4.79 Å². The first-order valence-electron chi connectivity index (χ1n) is 5.38. The van der Waals surface area contributed by atoms with E-state index in [-0.39, 0.29) is 5.78 Å². The molecule has 15 heavy (non-hydrogen) atoms. The zero-order valence-corrected chi connectivity index (χ0v) is 10.8. The molecule has 4 N–H and O–H groups in total. The largest absolute Gasteiger partial charge is 0.333 e. The van der Waals surface area contributed by atoms with Crippen LogP contribution in [-0.4, -0.2) is 19.4 Å². The number of hydrogen-bond donors (Lipinski definition) is 2. The van der Waals surface area contributed by atoms with Gasteiger partial charge in [-0.05, 0) is 33.4 Å². The quantitative estimate of drug-likeness (QED) is 0.545. The molecule has 0 aromatic heterocycles. The molecular formula is C12H28N2O. The summed E-state index contributed by atoms with van der Waals surface area (Å²) in [5.74, 6) is 0.284. The van der Waals surface area contributed by atoms with Crippen LogP contribution in [0.2, 0.25) is 0 Å². The third-order valence-corrected chi connectivity index (χ3v) is 1.23. The zero-order chi connectivity index (χ0) is 13.1. The van der Waals surface area contributed by atoms with Crippen molar-refractivity contribution < 1.29 is 4.79 Å². The summed E-state index contributed by atoms with van der Waals surface area (Å²) < 4.78 is 0. The van der Waals surface area contributed by atoms with E-state index in [1.54, 1.807) is 6.92 Å². The highest BCUT2D eigenvalue weighted by Gasteiger charge is 1.91. The number of rotatable bonds is 5. The van der Waals surface area contributed by atoms with Gasteiger partial charge in [0.25, 0.3) is 0 Å². The number of unbranched alkanes of at least 4 members (excludes halogenated alkanes) is 2. The highest BCUT2D eigenvalue weighted by molar-refractivity contribution is 5.75. The Hall–Kier alpha value is -0.850. The molecule has 0 amide bonds. The van der Waals surface area contributed by atoms with Gasteiger partial charge in [-0.1, -0.05) is 20.3 Å². The van der Waals surface area contributed by atoms with Gasteiger partial charge in [-0.2, -0.15) is 0 Å². The van der Waals surface area contributed by atoms with Gasteiger partial charge in [-0.3, -0.25) is 0 Å². The van der Waals surface area contributed by atoms with E-state index in [2.05, 4.69) is 18.6 Å². The summed E-state index contributed by atoms with van der Waals surface area (Å²) in [7, 11) is 1.50. The predicted octanol–water partition coefficient (Wildman–Crippen LogP) is 1.94. The number of terminal acetylenes is 1. The van der Waals surface area contributed by atoms with E-state index in [1.807, 2.05) is 13.8 Å². The molecule has 0 bridgehead atoms. The molecule has 0 atom stereocenters. The molecule has 0 aliphatic carbocycles. The van der Waals surface area contributed by atoms with Crippen LogP contribution in [-0.2, 0) is 4.79 Å². The second-order valence-electron chi connectivity index (χ2n) is 2.30. The highest BCUT2D eigenvalue weighted by atomic mass is 16.1. The minimum Gasteiger partial charge on any atom is -0.333 e. The fourth-order valence-corrected chi connectivity index (χ4v) is 0.695. The number of hydrogen-bond acceptors (Lipinski definition) is 3. The maximum Gasteiger partial charge on any atom is 0.129 e. The van der Waals surface area contributed by atoms with E-state index in [4.69, 9.17) is 5.73 Å². The lowest BCUT2D eigenvalue weighted by molar-refractivity contribution is -0.117. The Bertz CT molecular complexity index is 111. The van der Waals surface area contributed by atoms with E-state index in [0.29, 0.717) is 0 Å². The minimum atomic E-state index is 0.284. The lowest BCUT2D eigenvalue weighted by atomic mass is 10.1. The summed E-state index contributed by atoms with van der Waals surface area (Å²) in [5.41, 5.74) is 9.76. The van der Waals surface area contributed by atoms with E-state index >= 15 is 0 Å². The molecule has 3 heteroatoms. The Morgan fingerprint density at radius 1 is 1.07 bits per heavy atom. The summed E-state index contributed by atoms with van der Waals surface area (Å²) in [6.07, 6.45) is 11.9. The molecule has 0 fully saturated rings. The van der Waals surface area contributed by atoms with Crippen LogP contribution < -0.4 is 11.5 Å². The van der Waals surface area contributed by atoms with E-state index < -0.39 is 0 Å². The molecule has 0 saturated heterocycles. The molecule has 0 aromatic carbocycles. The van der Waals surface area contributed by atoms with Crippen molar-refractivity contribution in [2.45, 2.75) is 46.5 Å². The second-order valence-corrected chi connectivity index (χ2v) is 2.30. The molecule has 0 aliphatic heterocycles. The molecule has 3 nitrogen and oxygen atoms in total. The van der Waals surface area contributed by atoms with Crippen molar-refractivity contribution in [3.63, 3.8) is 0 Å². The van der Waals surface area contributed by atoms with Crippen molar-refractivity contribution in [1.29, 1.82) is 0 Å². The number of nitrogens with two attached hydrogens (primary N) is 2. The topological polar surface area (TPSA) is 69.1 Å². The second kappa shape index (κ2) is 38.0. The summed E-state index contributed by atoms with van der Waals surface area (Å²) in [5, 5.41) is 0. The summed E-state index contributed by atoms with van der Waals surface area (Å²) >= 11 is 0. The number of carbonyl (C=O) groups is 1. The van der Waals surface area contributed by atoms with Crippen molar-refractivity contribution >= 4 is 5.78 Å². The molecule has 0 saturated carbocycles. The molecule has 0 rings (SSSR count). The van der Waals surface area contributed by atoms with Gasteiger partial charge in [-0.25, -0.2) is 0 Å². The average molecular weight is 216 g/mol. The Balaban J connectivity index is -0.0000000860. The van der Waals surface area contributed by atoms with Crippen LogP contribution in [0, 0.1) is 12.8 Å². The van der Waals surface area contributed by atoms with Crippen molar-refractivity contribution in [1.82, 2.24) is 0 Å². The van der Waals surface area contributed by atoms with Crippen LogP contribution in [0.4, 0.5) is 0 Å². The van der Waals surface area contributed by atoms with E-state index in [0.717, 1.165) is 32.2 Å². The summed E-state index contributed by atoms with van der Waals surface area (Å²) in [4.78, 5) is 10.4. The van der Waals surface area contributed by atoms with Gasteiger partial charge in [0.15, 0.2) is 0 Å². The van der Waals surface area contributed by atoms with Gasteiger partial charge < -0.3 is 16.3 Å². The average Bonchev–Trinajstić information content (AvgIpc) is 2.32. The standard InChI is InChI=1S/C7H15NO.C2H6.C2H2.CH5N/c1-7(9)5-3-2-4-6-8;3*1-2/h2-6,8H2,1H3;1-2H3;1-2H;2H2,1H3. The fourth-order valence-electron chi connectivity index (χ4n) is 0.695. The van der Waals surface area contributed by atoms with Crippen molar-refractivity contribution in [2.75, 3.05) is 13.6 Å². The first kappa shape index (κ1) is 23.8. The van der Waals surface area contributed by atoms with Gasteiger partial charge in [-0.15, -0.1) is 12.8 Å². The van der Waals surface area contributed by atoms with Gasteiger partial charge in [0.05, 0.1) is 0 Å². The SMILES string of the molecule is C#C.CC.CC(=O)CCCCCN.CN. The van der Waals surface area contributed by atoms with Gasteiger partial charge in [0.2, 0.25) is 0 Å². The Labute approximate surface area is 95.6 Å². The van der Waals surface area contributed by atoms with Gasteiger partial charge >= 0.3 is 0 Å². The maximum absolute atomic E-state index is 10.4. The van der Waals surface area contributed by atoms with Crippen LogP contribution in [0.15, 0.2) is 0 Å². The summed E-state index contributed by atoms with van der Waals surface area (Å²) in [6.45, 7) is 6.38. The van der Waals surface area contributed by atoms with Crippen molar-refractivity contribution in [3.05, 3.63) is 0 Å². The lowest BCUT2D eigenvalue weighted by Gasteiger charge is -1.93. The molecule has 0 radical (unpaired) electrons. The van der Waals surface area contributed by atoms with Crippen LogP contribution in [0.3, 0.4) is 0 Å². The molecule has 92 valence electrons. The Morgan fingerprint density at radius 3 is 1.73 bits per heavy atom. The molecular weight excluding hydrogens is 188 g/mol. The smallest absolute Gasteiger partial charge is 0.129 e. The molecule has 0 unspecified atom stereocenters. The van der Waals surface area contributed by atoms with Gasteiger partial charge in [0, 0.05) is 6.42 Å². The van der Waals surface area contributed by atoms with Crippen molar-refractivity contribution in [2.24, 2.45) is 11.5 Å². The lowest BCUT2D eigenvalue weighted by Crippen LogP contribution is -1.98. The molecule has 0 spiro atoms. The summed E-state index contributed by atoms with van der Waals surface area (Å²) in [6, 6.07) is 0. The third kappa shape index (κ3) is 61.6. The Kier molecular flexibility index (Phi) is 60.1. The fraction of sp³-hybridized carbons (Fsp3) is 0.750. The van der Waals surface area contributed by atoms with Crippen molar-refractivity contribution in [3.8, 4) is 12.8 Å². The molecule has 0 aliphatic rings. The van der Waals surface area contributed by atoms with E-state index in [1.165, 1.54) is 7.05 Å². The first-order chi connectivity index (χ1) is 7.27. The molecule has 0 heterocycles. The normalized spacial score (nSPS) is 6.67. The van der Waals surface area contributed by atoms with Crippen LogP contribution in [0.25, 0.3) is 0 Å². The monoisotopic (exact) mass is 216 g/mol. The maximum atomic E-state index is 10.4. The van der Waals surface area contributed by atoms with Gasteiger partial charge in [0.1, 0.15) is 5.78 Å². The van der Waals surface area contributed by atoms with Crippen LogP contribution in [0.5, 0.6) is 0 Å². The van der Waals surface area contributed by atoms with Crippen LogP contribution >= 0.6 is 0 Å². The predicted molar refractivity (Wildman–Crippen MR) is 69.6 cm³/mol. The third-order valence-electron chi connectivity index (χ3n) is 1.23. The number of Topliss-reactive ketones (excluding diaryl/α,β-unsaturated/α-hetero) is 1. The zero-order valence-electron chi connectivity index (χ0n) is 10.8. The first-order valence-corrected chi connectivity index (χ1v) is 5.38. The van der Waals surface area contributed by atoms with Crippen LogP contribution in [0.1, 0.15) is 46.5 Å². The minimum absolute atomic E-state index is 0.284. The molecule has 0 aromatic rings. The highest BCUT2D eigenvalue weighted by Crippen LogP contribution is 1.98. The Morgan fingerprint density at radius 2 is 1.47 bits per heavy atom.